The number of hydrogen-bond acceptors (Lipinski definition) is 4. The Bertz CT molecular complexity index is 477. The van der Waals surface area contributed by atoms with E-state index in [1.807, 2.05) is 6.07 Å². The smallest absolute Gasteiger partial charge is 0.231 e. The molecular formula is C17H26N2O2S. The van der Waals surface area contributed by atoms with Gasteiger partial charge in [0.1, 0.15) is 0 Å². The summed E-state index contributed by atoms with van der Waals surface area (Å²) in [4.78, 5) is 16.2. The molecule has 0 aromatic carbocycles. The Morgan fingerprint density at radius 2 is 2.23 bits per heavy atom. The maximum Gasteiger partial charge on any atom is 0.231 e. The largest absolute Gasteiger partial charge is 0.383 e. The van der Waals surface area contributed by atoms with Gasteiger partial charge in [-0.1, -0.05) is 6.07 Å². The Balaban J connectivity index is 1.41. The third kappa shape index (κ3) is 3.53. The van der Waals surface area contributed by atoms with Gasteiger partial charge in [0.2, 0.25) is 5.91 Å². The molecule has 2 aliphatic rings. The van der Waals surface area contributed by atoms with Gasteiger partial charge in [-0.15, -0.1) is 11.3 Å². The fraction of sp³-hybridized carbons (Fsp3) is 0.706. The van der Waals surface area contributed by atoms with Crippen LogP contribution in [-0.2, 0) is 14.9 Å². The van der Waals surface area contributed by atoms with Crippen LogP contribution in [-0.4, -0.2) is 50.7 Å². The first kappa shape index (κ1) is 16.0. The number of carbonyl (C=O) groups is 1. The molecule has 1 aromatic heterocycles. The second-order valence-corrected chi connectivity index (χ2v) is 7.49. The van der Waals surface area contributed by atoms with E-state index in [1.54, 1.807) is 18.4 Å². The van der Waals surface area contributed by atoms with Crippen molar-refractivity contribution in [3.05, 3.63) is 22.4 Å². The zero-order chi connectivity index (χ0) is 15.4. The van der Waals surface area contributed by atoms with E-state index in [0.29, 0.717) is 5.92 Å². The van der Waals surface area contributed by atoms with Gasteiger partial charge in [0, 0.05) is 25.1 Å². The summed E-state index contributed by atoms with van der Waals surface area (Å²) < 4.78 is 5.13. The highest BCUT2D eigenvalue weighted by Crippen LogP contribution is 2.50. The Hall–Kier alpha value is -0.910. The van der Waals surface area contributed by atoms with Crippen LogP contribution in [0.2, 0.25) is 0 Å². The van der Waals surface area contributed by atoms with E-state index >= 15 is 0 Å². The molecule has 0 unspecified atom stereocenters. The molecule has 5 heteroatoms. The van der Waals surface area contributed by atoms with Crippen LogP contribution in [0.25, 0.3) is 0 Å². The number of nitrogens with zero attached hydrogens (tertiary/aromatic N) is 1. The lowest BCUT2D eigenvalue weighted by Crippen LogP contribution is -2.42. The molecule has 1 aromatic rings. The van der Waals surface area contributed by atoms with Gasteiger partial charge < -0.3 is 15.0 Å². The van der Waals surface area contributed by atoms with Gasteiger partial charge in [-0.25, -0.2) is 0 Å². The number of hydrogen-bond donors (Lipinski definition) is 1. The minimum atomic E-state index is -0.187. The van der Waals surface area contributed by atoms with E-state index in [0.717, 1.165) is 45.6 Å². The molecule has 22 heavy (non-hydrogen) atoms. The zero-order valence-electron chi connectivity index (χ0n) is 13.3. The standard InChI is InChI=1S/C17H26N2O2S/c1-21-11-10-19-8-4-14(5-9-19)13-18-16(20)17(6-7-17)15-3-2-12-22-15/h2-3,12,14H,4-11,13H2,1H3,(H,18,20). The topological polar surface area (TPSA) is 41.6 Å². The van der Waals surface area contributed by atoms with Crippen molar-refractivity contribution < 1.29 is 9.53 Å². The van der Waals surface area contributed by atoms with Crippen LogP contribution in [0.5, 0.6) is 0 Å². The number of carbonyl (C=O) groups excluding carboxylic acids is 1. The Morgan fingerprint density at radius 1 is 1.45 bits per heavy atom. The van der Waals surface area contributed by atoms with Gasteiger partial charge >= 0.3 is 0 Å². The molecule has 1 saturated heterocycles. The van der Waals surface area contributed by atoms with Gasteiger partial charge in [-0.3, -0.25) is 4.79 Å². The number of nitrogens with one attached hydrogen (secondary N) is 1. The van der Waals surface area contributed by atoms with Crippen LogP contribution in [0.3, 0.4) is 0 Å². The summed E-state index contributed by atoms with van der Waals surface area (Å²) in [5.41, 5.74) is -0.187. The molecule has 0 spiro atoms. The minimum absolute atomic E-state index is 0.187. The maximum absolute atomic E-state index is 12.5. The second-order valence-electron chi connectivity index (χ2n) is 6.55. The summed E-state index contributed by atoms with van der Waals surface area (Å²) in [5.74, 6) is 0.874. The average Bonchev–Trinajstić information content (AvgIpc) is 3.18. The van der Waals surface area contributed by atoms with Crippen LogP contribution in [0.4, 0.5) is 0 Å². The molecule has 1 N–H and O–H groups in total. The van der Waals surface area contributed by atoms with Gasteiger partial charge in [-0.05, 0) is 56.1 Å². The minimum Gasteiger partial charge on any atom is -0.383 e. The molecule has 2 heterocycles. The van der Waals surface area contributed by atoms with Gasteiger partial charge in [-0.2, -0.15) is 0 Å². The molecule has 2 fully saturated rings. The van der Waals surface area contributed by atoms with E-state index < -0.39 is 0 Å². The number of thiophene rings is 1. The van der Waals surface area contributed by atoms with Crippen molar-refractivity contribution >= 4 is 17.2 Å². The summed E-state index contributed by atoms with van der Waals surface area (Å²) in [5, 5.41) is 5.29. The van der Waals surface area contributed by atoms with E-state index in [9.17, 15) is 4.79 Å². The molecule has 3 rings (SSSR count). The predicted octanol–water partition coefficient (Wildman–Crippen LogP) is 2.25. The van der Waals surface area contributed by atoms with Crippen LogP contribution in [0.15, 0.2) is 17.5 Å². The number of methoxy groups -OCH3 is 1. The first-order chi connectivity index (χ1) is 10.7. The fourth-order valence-electron chi connectivity index (χ4n) is 3.30. The molecule has 0 radical (unpaired) electrons. The van der Waals surface area contributed by atoms with Crippen molar-refractivity contribution in [3.63, 3.8) is 0 Å². The van der Waals surface area contributed by atoms with Crippen LogP contribution >= 0.6 is 11.3 Å². The van der Waals surface area contributed by atoms with Crippen LogP contribution in [0, 0.1) is 5.92 Å². The molecule has 122 valence electrons. The Kier molecular flexibility index (Phi) is 5.16. The summed E-state index contributed by atoms with van der Waals surface area (Å²) in [6.07, 6.45) is 4.37. The average molecular weight is 322 g/mol. The SMILES string of the molecule is COCCN1CCC(CNC(=O)C2(c3cccs3)CC2)CC1. The van der Waals surface area contributed by atoms with E-state index in [2.05, 4.69) is 21.7 Å². The summed E-state index contributed by atoms with van der Waals surface area (Å²) in [7, 11) is 1.75. The highest BCUT2D eigenvalue weighted by Gasteiger charge is 2.52. The van der Waals surface area contributed by atoms with Crippen LogP contribution in [0.1, 0.15) is 30.6 Å². The lowest BCUT2D eigenvalue weighted by atomic mass is 9.96. The molecular weight excluding hydrogens is 296 g/mol. The molecule has 1 aliphatic carbocycles. The van der Waals surface area contributed by atoms with Crippen LogP contribution < -0.4 is 5.32 Å². The van der Waals surface area contributed by atoms with E-state index in [1.165, 1.54) is 17.7 Å². The monoisotopic (exact) mass is 322 g/mol. The molecule has 1 amide bonds. The lowest BCUT2D eigenvalue weighted by molar-refractivity contribution is -0.123. The number of piperidine rings is 1. The summed E-state index contributed by atoms with van der Waals surface area (Å²) >= 11 is 1.71. The normalized spacial score (nSPS) is 21.7. The summed E-state index contributed by atoms with van der Waals surface area (Å²) in [6.45, 7) is 4.92. The fourth-order valence-corrected chi connectivity index (χ4v) is 4.29. The molecule has 0 atom stereocenters. The van der Waals surface area contributed by atoms with Gasteiger partial charge in [0.25, 0.3) is 0 Å². The van der Waals surface area contributed by atoms with Crippen molar-refractivity contribution in [2.75, 3.05) is 39.9 Å². The third-order valence-corrected chi connectivity index (χ3v) is 6.12. The number of amides is 1. The second kappa shape index (κ2) is 7.11. The zero-order valence-corrected chi connectivity index (χ0v) is 14.2. The van der Waals surface area contributed by atoms with Crippen molar-refractivity contribution in [1.29, 1.82) is 0 Å². The van der Waals surface area contributed by atoms with E-state index in [4.69, 9.17) is 4.74 Å². The first-order valence-electron chi connectivity index (χ1n) is 8.28. The molecule has 1 aliphatic heterocycles. The van der Waals surface area contributed by atoms with E-state index in [-0.39, 0.29) is 11.3 Å². The third-order valence-electron chi connectivity index (χ3n) is 5.05. The predicted molar refractivity (Wildman–Crippen MR) is 89.3 cm³/mol. The number of ether oxygens (including phenoxy) is 1. The highest BCUT2D eigenvalue weighted by atomic mass is 32.1. The van der Waals surface area contributed by atoms with Gasteiger partial charge in [0.05, 0.1) is 12.0 Å². The molecule has 4 nitrogen and oxygen atoms in total. The molecule has 0 bridgehead atoms. The van der Waals surface area contributed by atoms with Crippen molar-refractivity contribution in [2.24, 2.45) is 5.92 Å². The van der Waals surface area contributed by atoms with Crippen molar-refractivity contribution in [3.8, 4) is 0 Å². The van der Waals surface area contributed by atoms with Crippen molar-refractivity contribution in [2.45, 2.75) is 31.1 Å². The Morgan fingerprint density at radius 3 is 2.82 bits per heavy atom. The number of rotatable bonds is 7. The number of likely N-dealkylation sites (tertiary alicyclic amines) is 1. The summed E-state index contributed by atoms with van der Waals surface area (Å²) in [6, 6.07) is 4.15. The molecule has 1 saturated carbocycles. The first-order valence-corrected chi connectivity index (χ1v) is 9.16. The van der Waals surface area contributed by atoms with Gasteiger partial charge in [0.15, 0.2) is 0 Å². The Labute approximate surface area is 136 Å². The highest BCUT2D eigenvalue weighted by molar-refractivity contribution is 7.10. The lowest BCUT2D eigenvalue weighted by Gasteiger charge is -2.32. The van der Waals surface area contributed by atoms with Crippen molar-refractivity contribution in [1.82, 2.24) is 10.2 Å². The quantitative estimate of drug-likeness (QED) is 0.837. The maximum atomic E-state index is 12.5.